The van der Waals surface area contributed by atoms with Crippen molar-refractivity contribution in [2.24, 2.45) is 23.1 Å². The van der Waals surface area contributed by atoms with Gasteiger partial charge in [0.2, 0.25) is 47.3 Å². The maximum atomic E-state index is 14.9. The molecule has 4 heterocycles. The Balaban J connectivity index is 1.37. The third kappa shape index (κ3) is 12.1. The number of hydrogen-bond acceptors (Lipinski definition) is 11. The lowest BCUT2D eigenvalue weighted by molar-refractivity contribution is -0.143. The second-order valence-corrected chi connectivity index (χ2v) is 16.7. The first-order valence-corrected chi connectivity index (χ1v) is 21.7. The summed E-state index contributed by atoms with van der Waals surface area (Å²) in [5.74, 6) is -7.13. The Bertz CT molecular complexity index is 2380. The van der Waals surface area contributed by atoms with Crippen molar-refractivity contribution < 1.29 is 38.4 Å². The van der Waals surface area contributed by atoms with Crippen molar-refractivity contribution in [2.45, 2.75) is 108 Å². The van der Waals surface area contributed by atoms with Gasteiger partial charge in [0.05, 0.1) is 30.6 Å². The lowest BCUT2D eigenvalue weighted by Crippen LogP contribution is -2.60. The number of rotatable bonds is 11. The molecule has 2 aromatic carbocycles. The number of amides is 8. The van der Waals surface area contributed by atoms with Gasteiger partial charge in [-0.05, 0) is 42.4 Å². The van der Waals surface area contributed by atoms with Crippen LogP contribution in [-0.2, 0) is 57.6 Å². The van der Waals surface area contributed by atoms with Gasteiger partial charge in [-0.2, -0.15) is 0 Å². The number of primary amides is 2. The predicted molar refractivity (Wildman–Crippen MR) is 235 cm³/mol. The summed E-state index contributed by atoms with van der Waals surface area (Å²) in [5.41, 5.74) is 20.5. The summed E-state index contributed by atoms with van der Waals surface area (Å²) < 4.78 is 1.60. The van der Waals surface area contributed by atoms with E-state index in [0.29, 0.717) is 30.5 Å². The molecule has 21 heteroatoms. The van der Waals surface area contributed by atoms with Crippen molar-refractivity contribution >= 4 is 58.2 Å². The molecule has 8 amide bonds. The van der Waals surface area contributed by atoms with E-state index in [1.54, 1.807) is 30.9 Å². The predicted octanol–water partition coefficient (Wildman–Crippen LogP) is -1.49. The average Bonchev–Trinajstić information content (AvgIpc) is 4.05. The maximum absolute atomic E-state index is 14.9. The Labute approximate surface area is 374 Å². The molecule has 8 atom stereocenters. The van der Waals surface area contributed by atoms with E-state index < -0.39 is 108 Å². The second kappa shape index (κ2) is 21.5. The SMILES string of the molecule is CCC(C)[C@@H]1NC(=O)[C@H](CC(N)=O)NC(=O)C(N)CC(=O)NCC[C@@H](C(N)=O)NC(=O)[C@H](Cc2c[nH]c3ccccc23)NC(=O)[C@@H]2C[C@H](n3cc(CCc4ccccc4)nn3)CN2C1=O. The number of H-pyrrole nitrogens is 1. The van der Waals surface area contributed by atoms with Gasteiger partial charge in [0.1, 0.15) is 30.2 Å². The van der Waals surface area contributed by atoms with Crippen LogP contribution in [0.5, 0.6) is 0 Å². The van der Waals surface area contributed by atoms with Crippen LogP contribution in [0.4, 0.5) is 0 Å². The molecule has 2 saturated heterocycles. The summed E-state index contributed by atoms with van der Waals surface area (Å²) in [6, 6.07) is 8.43. The topological polar surface area (TPSA) is 325 Å². The molecule has 2 aromatic heterocycles. The van der Waals surface area contributed by atoms with E-state index in [9.17, 15) is 38.4 Å². The van der Waals surface area contributed by atoms with E-state index in [-0.39, 0.29) is 32.4 Å². The highest BCUT2D eigenvalue weighted by Crippen LogP contribution is 2.30. The first-order chi connectivity index (χ1) is 31.1. The summed E-state index contributed by atoms with van der Waals surface area (Å²) in [7, 11) is 0. The number of nitrogens with two attached hydrogens (primary N) is 3. The number of hydrogen-bond donors (Lipinski definition) is 9. The van der Waals surface area contributed by atoms with Crippen molar-refractivity contribution in [3.8, 4) is 0 Å². The molecule has 0 aliphatic carbocycles. The average molecular weight is 896 g/mol. The van der Waals surface area contributed by atoms with Crippen LogP contribution in [-0.4, -0.2) is 121 Å². The summed E-state index contributed by atoms with van der Waals surface area (Å²) >= 11 is 0. The number of nitrogens with one attached hydrogen (secondary N) is 6. The molecule has 0 saturated carbocycles. The van der Waals surface area contributed by atoms with E-state index in [0.717, 1.165) is 16.5 Å². The number of carbonyl (C=O) groups excluding carboxylic acids is 8. The van der Waals surface area contributed by atoms with Crippen molar-refractivity contribution in [3.05, 3.63) is 83.8 Å². The van der Waals surface area contributed by atoms with Gasteiger partial charge in [0, 0.05) is 49.2 Å². The highest BCUT2D eigenvalue weighted by atomic mass is 16.2. The van der Waals surface area contributed by atoms with Gasteiger partial charge in [0.15, 0.2) is 0 Å². The molecule has 12 N–H and O–H groups in total. The third-order valence-corrected chi connectivity index (χ3v) is 12.0. The largest absolute Gasteiger partial charge is 0.370 e. The number of nitrogens with zero attached hydrogens (tertiary/aromatic N) is 4. The Morgan fingerprint density at radius 1 is 0.862 bits per heavy atom. The van der Waals surface area contributed by atoms with Crippen LogP contribution in [0.3, 0.4) is 0 Å². The summed E-state index contributed by atoms with van der Waals surface area (Å²) in [6.45, 7) is 3.28. The van der Waals surface area contributed by atoms with Crippen LogP contribution >= 0.6 is 0 Å². The minimum absolute atomic E-state index is 0.0313. The molecule has 0 spiro atoms. The van der Waals surface area contributed by atoms with Gasteiger partial charge in [-0.15, -0.1) is 5.10 Å². The number of aromatic nitrogens is 4. The van der Waals surface area contributed by atoms with Gasteiger partial charge < -0.3 is 53.7 Å². The quantitative estimate of drug-likeness (QED) is 0.0836. The van der Waals surface area contributed by atoms with Gasteiger partial charge in [-0.1, -0.05) is 74.0 Å². The van der Waals surface area contributed by atoms with Gasteiger partial charge >= 0.3 is 0 Å². The lowest BCUT2D eigenvalue weighted by Gasteiger charge is -2.33. The van der Waals surface area contributed by atoms with Crippen LogP contribution in [0.15, 0.2) is 67.0 Å². The minimum Gasteiger partial charge on any atom is -0.370 e. The Morgan fingerprint density at radius 3 is 2.29 bits per heavy atom. The molecule has 2 fully saturated rings. The third-order valence-electron chi connectivity index (χ3n) is 12.0. The van der Waals surface area contributed by atoms with Gasteiger partial charge in [-0.3, -0.25) is 38.4 Å². The first kappa shape index (κ1) is 47.3. The van der Waals surface area contributed by atoms with Crippen LogP contribution in [0.1, 0.15) is 68.8 Å². The van der Waals surface area contributed by atoms with Crippen molar-refractivity contribution in [1.29, 1.82) is 0 Å². The summed E-state index contributed by atoms with van der Waals surface area (Å²) in [4.78, 5) is 113. The number of para-hydroxylation sites is 1. The number of aryl methyl sites for hydroxylation is 2. The van der Waals surface area contributed by atoms with Gasteiger partial charge in [0.25, 0.3) is 0 Å². The zero-order valence-electron chi connectivity index (χ0n) is 36.3. The zero-order valence-corrected chi connectivity index (χ0v) is 36.3. The monoisotopic (exact) mass is 895 g/mol. The molecule has 21 nitrogen and oxygen atoms in total. The number of fused-ring (bicyclic) bond motifs is 2. The smallest absolute Gasteiger partial charge is 0.246 e. The summed E-state index contributed by atoms with van der Waals surface area (Å²) in [5, 5.41) is 22.6. The molecule has 2 aliphatic heterocycles. The molecule has 65 heavy (non-hydrogen) atoms. The Kier molecular flexibility index (Phi) is 15.6. The van der Waals surface area contributed by atoms with E-state index in [1.165, 1.54) is 4.90 Å². The highest BCUT2D eigenvalue weighted by Gasteiger charge is 2.45. The number of carbonyl (C=O) groups is 8. The normalized spacial score (nSPS) is 24.7. The van der Waals surface area contributed by atoms with Crippen molar-refractivity contribution in [2.75, 3.05) is 13.1 Å². The Morgan fingerprint density at radius 2 is 1.57 bits per heavy atom. The van der Waals surface area contributed by atoms with Crippen LogP contribution in [0.25, 0.3) is 10.9 Å². The highest BCUT2D eigenvalue weighted by molar-refractivity contribution is 5.99. The molecule has 346 valence electrons. The molecule has 2 aliphatic rings. The van der Waals surface area contributed by atoms with Crippen molar-refractivity contribution in [1.82, 2.24) is 51.5 Å². The fraction of sp³-hybridized carbons (Fsp3) is 0.455. The molecule has 4 aromatic rings. The molecule has 6 rings (SSSR count). The standard InChI is InChI=1S/C44H57N13O8/c1-3-24(2)38-44(65)56-23-28(57-22-27(54-55-57)14-13-25-9-5-4-6-10-25)18-35(56)43(64)52-33(17-26-21-49-31-12-8-7-11-29(26)31)41(62)50-32(39(47)60)15-16-48-37(59)19-30(45)40(61)51-34(20-36(46)58)42(63)53-38/h4-12,21-22,24,28,30,32-35,38,49H,3,13-20,23,45H2,1-2H3,(H2,46,58)(H2,47,60)(H,48,59)(H,50,62)(H,51,61)(H,52,64)(H,53,63)/t24?,28-,30?,32-,33-,34-,35-,38-/m0/s1. The summed E-state index contributed by atoms with van der Waals surface area (Å²) in [6.07, 6.45) is 3.71. The van der Waals surface area contributed by atoms with E-state index in [2.05, 4.69) is 41.9 Å². The maximum Gasteiger partial charge on any atom is 0.246 e. The molecular weight excluding hydrogens is 839 g/mol. The van der Waals surface area contributed by atoms with Crippen LogP contribution < -0.4 is 43.8 Å². The van der Waals surface area contributed by atoms with Crippen molar-refractivity contribution in [3.63, 3.8) is 0 Å². The number of benzene rings is 2. The lowest BCUT2D eigenvalue weighted by atomic mass is 9.96. The molecule has 0 bridgehead atoms. The van der Waals surface area contributed by atoms with E-state index >= 15 is 0 Å². The first-order valence-electron chi connectivity index (χ1n) is 21.7. The van der Waals surface area contributed by atoms with E-state index in [1.807, 2.05) is 54.6 Å². The van der Waals surface area contributed by atoms with Crippen LogP contribution in [0.2, 0.25) is 0 Å². The fourth-order valence-corrected chi connectivity index (χ4v) is 8.10. The fourth-order valence-electron chi connectivity index (χ4n) is 8.10. The molecule has 2 unspecified atom stereocenters. The molecular formula is C44H57N13O8. The number of aromatic amines is 1. The van der Waals surface area contributed by atoms with Gasteiger partial charge in [-0.25, -0.2) is 4.68 Å². The molecule has 0 radical (unpaired) electrons. The second-order valence-electron chi connectivity index (χ2n) is 16.7. The zero-order chi connectivity index (χ0) is 46.8. The van der Waals surface area contributed by atoms with Crippen LogP contribution in [0, 0.1) is 5.92 Å². The minimum atomic E-state index is -1.59. The Hall–Kier alpha value is -7.16. The van der Waals surface area contributed by atoms with E-state index in [4.69, 9.17) is 17.2 Å².